The van der Waals surface area contributed by atoms with Crippen molar-refractivity contribution in [1.29, 1.82) is 0 Å². The molecule has 1 atom stereocenters. The minimum absolute atomic E-state index is 0.0474. The van der Waals surface area contributed by atoms with Crippen LogP contribution in [0.3, 0.4) is 0 Å². The summed E-state index contributed by atoms with van der Waals surface area (Å²) < 4.78 is 0. The fourth-order valence-corrected chi connectivity index (χ4v) is 3.77. The van der Waals surface area contributed by atoms with Gasteiger partial charge in [0.15, 0.2) is 0 Å². The Hall–Kier alpha value is -2.87. The van der Waals surface area contributed by atoms with Crippen LogP contribution in [0.15, 0.2) is 41.8 Å². The second-order valence-electron chi connectivity index (χ2n) is 5.99. The van der Waals surface area contributed by atoms with Crippen molar-refractivity contribution >= 4 is 40.6 Å². The van der Waals surface area contributed by atoms with Gasteiger partial charge in [-0.3, -0.25) is 9.59 Å². The number of para-hydroxylation sites is 2. The first-order chi connectivity index (χ1) is 12.5. The maximum absolute atomic E-state index is 12.5. The summed E-state index contributed by atoms with van der Waals surface area (Å²) in [5, 5.41) is 7.33. The van der Waals surface area contributed by atoms with Gasteiger partial charge < -0.3 is 21.3 Å². The van der Waals surface area contributed by atoms with E-state index in [-0.39, 0.29) is 18.2 Å². The van der Waals surface area contributed by atoms with E-state index in [4.69, 9.17) is 5.73 Å². The van der Waals surface area contributed by atoms with E-state index in [0.717, 1.165) is 11.3 Å². The minimum atomic E-state index is -0.681. The van der Waals surface area contributed by atoms with Crippen molar-refractivity contribution in [2.75, 3.05) is 16.8 Å². The van der Waals surface area contributed by atoms with Crippen molar-refractivity contribution in [2.24, 2.45) is 5.73 Å². The number of thiophene rings is 1. The number of nitrogens with one attached hydrogen (secondary N) is 2. The van der Waals surface area contributed by atoms with Gasteiger partial charge in [-0.2, -0.15) is 0 Å². The number of carbonyl (C=O) groups excluding carboxylic acids is 3. The zero-order chi connectivity index (χ0) is 18.5. The van der Waals surface area contributed by atoms with E-state index < -0.39 is 12.1 Å². The van der Waals surface area contributed by atoms with Gasteiger partial charge in [0.1, 0.15) is 0 Å². The molecule has 0 radical (unpaired) electrons. The molecule has 4 amide bonds. The average Bonchev–Trinajstić information content (AvgIpc) is 3.26. The van der Waals surface area contributed by atoms with E-state index >= 15 is 0 Å². The fraction of sp³-hybridized carbons (Fsp3) is 0.278. The van der Waals surface area contributed by atoms with Crippen molar-refractivity contribution in [3.8, 4) is 0 Å². The maximum atomic E-state index is 12.5. The van der Waals surface area contributed by atoms with Gasteiger partial charge in [-0.15, -0.1) is 11.3 Å². The second kappa shape index (κ2) is 8.01. The van der Waals surface area contributed by atoms with Crippen molar-refractivity contribution in [3.63, 3.8) is 0 Å². The lowest BCUT2D eigenvalue weighted by Gasteiger charge is -2.21. The number of urea groups is 1. The standard InChI is InChI=1S/C18H20N4O3S/c19-18(25)21-13(15-7-4-10-26-15)11-16(23)20-12-5-1-2-6-14(12)22-9-3-8-17(22)24/h1-2,4-7,10,13H,3,8-9,11H2,(H,20,23)(H3,19,21,25). The van der Waals surface area contributed by atoms with Crippen LogP contribution in [0, 0.1) is 0 Å². The Morgan fingerprint density at radius 3 is 2.69 bits per heavy atom. The van der Waals surface area contributed by atoms with Crippen LogP contribution in [0.2, 0.25) is 0 Å². The number of rotatable bonds is 6. The second-order valence-corrected chi connectivity index (χ2v) is 6.97. The summed E-state index contributed by atoms with van der Waals surface area (Å²) in [6.45, 7) is 0.646. The Bertz CT molecular complexity index is 807. The van der Waals surface area contributed by atoms with Gasteiger partial charge in [0.2, 0.25) is 11.8 Å². The number of anilines is 2. The molecule has 136 valence electrons. The Balaban J connectivity index is 1.73. The molecule has 4 N–H and O–H groups in total. The first-order valence-corrected chi connectivity index (χ1v) is 9.21. The Morgan fingerprint density at radius 2 is 2.04 bits per heavy atom. The molecule has 2 heterocycles. The number of hydrogen-bond donors (Lipinski definition) is 3. The van der Waals surface area contributed by atoms with Crippen molar-refractivity contribution in [3.05, 3.63) is 46.7 Å². The van der Waals surface area contributed by atoms with Crippen LogP contribution in [0.4, 0.5) is 16.2 Å². The zero-order valence-corrected chi connectivity index (χ0v) is 14.9. The van der Waals surface area contributed by atoms with Crippen molar-refractivity contribution < 1.29 is 14.4 Å². The van der Waals surface area contributed by atoms with Gasteiger partial charge in [-0.25, -0.2) is 4.79 Å². The van der Waals surface area contributed by atoms with Crippen LogP contribution in [-0.4, -0.2) is 24.4 Å². The number of nitrogens with two attached hydrogens (primary N) is 1. The van der Waals surface area contributed by atoms with Gasteiger partial charge in [-0.1, -0.05) is 18.2 Å². The SMILES string of the molecule is NC(=O)NC(CC(=O)Nc1ccccc1N1CCCC1=O)c1cccs1. The van der Waals surface area contributed by atoms with E-state index in [1.54, 1.807) is 17.0 Å². The highest BCUT2D eigenvalue weighted by atomic mass is 32.1. The predicted octanol–water partition coefficient (Wildman–Crippen LogP) is 2.61. The van der Waals surface area contributed by atoms with Gasteiger partial charge in [0.05, 0.1) is 23.8 Å². The molecule has 3 rings (SSSR count). The third kappa shape index (κ3) is 4.20. The van der Waals surface area contributed by atoms with Crippen molar-refractivity contribution in [1.82, 2.24) is 5.32 Å². The lowest BCUT2D eigenvalue weighted by Crippen LogP contribution is -2.35. The number of carbonyl (C=O) groups is 3. The summed E-state index contributed by atoms with van der Waals surface area (Å²) in [5.41, 5.74) is 6.50. The molecule has 1 aliphatic heterocycles. The molecule has 1 saturated heterocycles. The lowest BCUT2D eigenvalue weighted by atomic mass is 10.1. The summed E-state index contributed by atoms with van der Waals surface area (Å²) in [6, 6.07) is 9.74. The van der Waals surface area contributed by atoms with E-state index in [1.165, 1.54) is 11.3 Å². The molecule has 1 unspecified atom stereocenters. The Morgan fingerprint density at radius 1 is 1.23 bits per heavy atom. The van der Waals surface area contributed by atoms with Crippen LogP contribution in [-0.2, 0) is 9.59 Å². The third-order valence-electron chi connectivity index (χ3n) is 4.13. The van der Waals surface area contributed by atoms with Crippen LogP contribution in [0.5, 0.6) is 0 Å². The van der Waals surface area contributed by atoms with Crippen LogP contribution >= 0.6 is 11.3 Å². The summed E-state index contributed by atoms with van der Waals surface area (Å²) in [4.78, 5) is 38.4. The molecule has 0 spiro atoms. The monoisotopic (exact) mass is 372 g/mol. The van der Waals surface area contributed by atoms with Gasteiger partial charge in [0.25, 0.3) is 0 Å². The van der Waals surface area contributed by atoms with Gasteiger partial charge >= 0.3 is 6.03 Å². The summed E-state index contributed by atoms with van der Waals surface area (Å²) >= 11 is 1.44. The highest BCUT2D eigenvalue weighted by molar-refractivity contribution is 7.10. The molecule has 0 aliphatic carbocycles. The van der Waals surface area contributed by atoms with Gasteiger partial charge in [0, 0.05) is 17.8 Å². The van der Waals surface area contributed by atoms with Gasteiger partial charge in [-0.05, 0) is 30.0 Å². The first-order valence-electron chi connectivity index (χ1n) is 8.33. The number of benzene rings is 1. The van der Waals surface area contributed by atoms with Crippen LogP contribution < -0.4 is 21.3 Å². The molecular formula is C18H20N4O3S. The van der Waals surface area contributed by atoms with E-state index in [9.17, 15) is 14.4 Å². The molecule has 1 aliphatic rings. The summed E-state index contributed by atoms with van der Waals surface area (Å²) in [6.07, 6.45) is 1.38. The molecule has 1 fully saturated rings. The largest absolute Gasteiger partial charge is 0.352 e. The molecule has 0 bridgehead atoms. The quantitative estimate of drug-likeness (QED) is 0.726. The van der Waals surface area contributed by atoms with Crippen LogP contribution in [0.1, 0.15) is 30.2 Å². The Kier molecular flexibility index (Phi) is 5.52. The van der Waals surface area contributed by atoms with E-state index in [2.05, 4.69) is 10.6 Å². The molecule has 1 aromatic heterocycles. The number of nitrogens with zero attached hydrogens (tertiary/aromatic N) is 1. The third-order valence-corrected chi connectivity index (χ3v) is 5.12. The molecule has 1 aromatic carbocycles. The number of amides is 4. The molecule has 0 saturated carbocycles. The van der Waals surface area contributed by atoms with Crippen LogP contribution in [0.25, 0.3) is 0 Å². The Labute approximate surface area is 155 Å². The van der Waals surface area contributed by atoms with E-state index in [0.29, 0.717) is 24.3 Å². The highest BCUT2D eigenvalue weighted by Crippen LogP contribution is 2.30. The average molecular weight is 372 g/mol. The maximum Gasteiger partial charge on any atom is 0.312 e. The molecule has 7 nitrogen and oxygen atoms in total. The fourth-order valence-electron chi connectivity index (χ4n) is 2.99. The smallest absolute Gasteiger partial charge is 0.312 e. The number of hydrogen-bond acceptors (Lipinski definition) is 4. The molecule has 2 aromatic rings. The molecule has 8 heteroatoms. The summed E-state index contributed by atoms with van der Waals surface area (Å²) in [7, 11) is 0. The van der Waals surface area contributed by atoms with E-state index in [1.807, 2.05) is 29.6 Å². The summed E-state index contributed by atoms with van der Waals surface area (Å²) in [5.74, 6) is -0.213. The zero-order valence-electron chi connectivity index (χ0n) is 14.1. The number of primary amides is 1. The lowest BCUT2D eigenvalue weighted by molar-refractivity contribution is -0.117. The van der Waals surface area contributed by atoms with Crippen molar-refractivity contribution in [2.45, 2.75) is 25.3 Å². The normalized spacial score (nSPS) is 14.9. The first kappa shape index (κ1) is 17.9. The topological polar surface area (TPSA) is 105 Å². The molecule has 26 heavy (non-hydrogen) atoms. The highest BCUT2D eigenvalue weighted by Gasteiger charge is 2.25. The minimum Gasteiger partial charge on any atom is -0.352 e. The molecular weight excluding hydrogens is 352 g/mol. The predicted molar refractivity (Wildman–Crippen MR) is 101 cm³/mol.